The first-order chi connectivity index (χ1) is 7.16. The van der Waals surface area contributed by atoms with Gasteiger partial charge in [0.2, 0.25) is 0 Å². The molecule has 0 aliphatic rings. The van der Waals surface area contributed by atoms with Crippen molar-refractivity contribution in [2.45, 2.75) is 32.2 Å². The van der Waals surface area contributed by atoms with Crippen molar-refractivity contribution >= 4 is 6.09 Å². The minimum Gasteiger partial charge on any atom is -0.453 e. The fraction of sp³-hybridized carbons (Fsp3) is 0.900. The van der Waals surface area contributed by atoms with Crippen molar-refractivity contribution in [1.82, 2.24) is 10.6 Å². The number of nitrogens with two attached hydrogens (primary N) is 1. The lowest BCUT2D eigenvalue weighted by Gasteiger charge is -2.07. The molecular formula is C10H23N3O2. The third-order valence-electron chi connectivity index (χ3n) is 2.01. The van der Waals surface area contributed by atoms with Gasteiger partial charge in [0.15, 0.2) is 0 Å². The number of hydrogen-bond acceptors (Lipinski definition) is 4. The van der Waals surface area contributed by atoms with E-state index in [9.17, 15) is 4.79 Å². The predicted molar refractivity (Wildman–Crippen MR) is 60.8 cm³/mol. The lowest BCUT2D eigenvalue weighted by Crippen LogP contribution is -2.26. The second kappa shape index (κ2) is 9.73. The molecule has 0 radical (unpaired) electrons. The topological polar surface area (TPSA) is 76.4 Å². The third-order valence-corrected chi connectivity index (χ3v) is 2.01. The Morgan fingerprint density at radius 1 is 1.33 bits per heavy atom. The Kier molecular flexibility index (Phi) is 9.21. The minimum absolute atomic E-state index is 0.262. The molecule has 1 amide bonds. The van der Waals surface area contributed by atoms with Crippen LogP contribution < -0.4 is 16.4 Å². The summed E-state index contributed by atoms with van der Waals surface area (Å²) in [6, 6.07) is 0.262. The molecule has 0 rings (SSSR count). The second-order valence-corrected chi connectivity index (χ2v) is 3.64. The summed E-state index contributed by atoms with van der Waals surface area (Å²) in [5, 5.41) is 5.93. The Morgan fingerprint density at radius 2 is 2.00 bits per heavy atom. The number of rotatable bonds is 8. The first kappa shape index (κ1) is 14.2. The van der Waals surface area contributed by atoms with Gasteiger partial charge in [-0.2, -0.15) is 0 Å². The number of unbranched alkanes of at least 4 members (excludes halogenated alkanes) is 1. The van der Waals surface area contributed by atoms with Crippen molar-refractivity contribution in [1.29, 1.82) is 0 Å². The minimum atomic E-state index is -0.361. The Balaban J connectivity index is 3.02. The Labute approximate surface area is 91.7 Å². The Hall–Kier alpha value is -0.810. The van der Waals surface area contributed by atoms with E-state index in [4.69, 9.17) is 5.73 Å². The van der Waals surface area contributed by atoms with Gasteiger partial charge in [-0.25, -0.2) is 4.79 Å². The summed E-state index contributed by atoms with van der Waals surface area (Å²) in [5.41, 5.74) is 5.60. The van der Waals surface area contributed by atoms with Crippen LogP contribution in [0.15, 0.2) is 0 Å². The van der Waals surface area contributed by atoms with Crippen LogP contribution in [0.2, 0.25) is 0 Å². The number of alkyl carbamates (subject to hydrolysis) is 1. The highest BCUT2D eigenvalue weighted by atomic mass is 16.5. The summed E-state index contributed by atoms with van der Waals surface area (Å²) in [4.78, 5) is 10.7. The van der Waals surface area contributed by atoms with E-state index in [0.717, 1.165) is 32.4 Å². The Morgan fingerprint density at radius 3 is 2.60 bits per heavy atom. The number of ether oxygens (including phenoxy) is 1. The number of amides is 1. The van der Waals surface area contributed by atoms with Gasteiger partial charge in [-0.1, -0.05) is 0 Å². The highest BCUT2D eigenvalue weighted by molar-refractivity contribution is 5.66. The maximum absolute atomic E-state index is 10.7. The van der Waals surface area contributed by atoms with E-state index >= 15 is 0 Å². The third kappa shape index (κ3) is 11.1. The number of methoxy groups -OCH3 is 1. The second-order valence-electron chi connectivity index (χ2n) is 3.64. The van der Waals surface area contributed by atoms with Gasteiger partial charge in [-0.3, -0.25) is 0 Å². The lowest BCUT2D eigenvalue weighted by molar-refractivity contribution is 0.171. The molecule has 4 N–H and O–H groups in total. The maximum Gasteiger partial charge on any atom is 0.406 e. The molecule has 0 fully saturated rings. The zero-order chi connectivity index (χ0) is 11.5. The molecule has 1 unspecified atom stereocenters. The van der Waals surface area contributed by atoms with E-state index in [2.05, 4.69) is 15.4 Å². The molecule has 0 aromatic heterocycles. The molecule has 0 aromatic rings. The highest BCUT2D eigenvalue weighted by Crippen LogP contribution is 1.87. The number of carbonyl (C=O) groups excluding carboxylic acids is 1. The molecule has 5 nitrogen and oxygen atoms in total. The van der Waals surface area contributed by atoms with Crippen LogP contribution in [-0.2, 0) is 4.74 Å². The van der Waals surface area contributed by atoms with Gasteiger partial charge in [0.25, 0.3) is 0 Å². The quantitative estimate of drug-likeness (QED) is 0.516. The van der Waals surface area contributed by atoms with E-state index in [-0.39, 0.29) is 12.1 Å². The standard InChI is InChI=1S/C10H23N3O2/c1-9(11)5-8-12-6-3-4-7-13-10(14)15-2/h9,12H,3-8,11H2,1-2H3,(H,13,14). The van der Waals surface area contributed by atoms with Crippen LogP contribution in [0.25, 0.3) is 0 Å². The van der Waals surface area contributed by atoms with Gasteiger partial charge in [0.1, 0.15) is 0 Å². The van der Waals surface area contributed by atoms with Gasteiger partial charge in [-0.15, -0.1) is 0 Å². The van der Waals surface area contributed by atoms with Crippen LogP contribution in [0.3, 0.4) is 0 Å². The average molecular weight is 217 g/mol. The smallest absolute Gasteiger partial charge is 0.406 e. The monoisotopic (exact) mass is 217 g/mol. The summed E-state index contributed by atoms with van der Waals surface area (Å²) in [7, 11) is 1.37. The molecule has 15 heavy (non-hydrogen) atoms. The van der Waals surface area contributed by atoms with Crippen molar-refractivity contribution < 1.29 is 9.53 Å². The van der Waals surface area contributed by atoms with E-state index < -0.39 is 0 Å². The van der Waals surface area contributed by atoms with Crippen molar-refractivity contribution in [3.05, 3.63) is 0 Å². The molecule has 5 heteroatoms. The van der Waals surface area contributed by atoms with E-state index in [0.29, 0.717) is 6.54 Å². The van der Waals surface area contributed by atoms with Crippen LogP contribution in [0.1, 0.15) is 26.2 Å². The van der Waals surface area contributed by atoms with Crippen molar-refractivity contribution in [3.63, 3.8) is 0 Å². The van der Waals surface area contributed by atoms with Gasteiger partial charge in [-0.05, 0) is 39.3 Å². The van der Waals surface area contributed by atoms with Crippen molar-refractivity contribution in [2.75, 3.05) is 26.7 Å². The molecule has 0 aromatic carbocycles. The van der Waals surface area contributed by atoms with Crippen molar-refractivity contribution in [2.24, 2.45) is 5.73 Å². The largest absolute Gasteiger partial charge is 0.453 e. The zero-order valence-electron chi connectivity index (χ0n) is 9.71. The summed E-state index contributed by atoms with van der Waals surface area (Å²) in [5.74, 6) is 0. The summed E-state index contributed by atoms with van der Waals surface area (Å²) < 4.78 is 4.44. The SMILES string of the molecule is COC(=O)NCCCCNCCC(C)N. The highest BCUT2D eigenvalue weighted by Gasteiger charge is 1.96. The fourth-order valence-corrected chi connectivity index (χ4v) is 1.09. The van der Waals surface area contributed by atoms with Crippen LogP contribution in [0.4, 0.5) is 4.79 Å². The molecular weight excluding hydrogens is 194 g/mol. The normalized spacial score (nSPS) is 12.2. The van der Waals surface area contributed by atoms with Crippen LogP contribution in [0.5, 0.6) is 0 Å². The van der Waals surface area contributed by atoms with Gasteiger partial charge in [0.05, 0.1) is 7.11 Å². The van der Waals surface area contributed by atoms with Gasteiger partial charge >= 0.3 is 6.09 Å². The molecule has 90 valence electrons. The summed E-state index contributed by atoms with van der Waals surface area (Å²) in [6.45, 7) is 4.60. The molecule has 0 spiro atoms. The van der Waals surface area contributed by atoms with E-state index in [1.807, 2.05) is 6.92 Å². The predicted octanol–water partition coefficient (Wildman–Crippen LogP) is 0.450. The number of hydrogen-bond donors (Lipinski definition) is 3. The molecule has 0 saturated carbocycles. The number of carbonyl (C=O) groups is 1. The lowest BCUT2D eigenvalue weighted by atomic mass is 10.2. The van der Waals surface area contributed by atoms with E-state index in [1.54, 1.807) is 0 Å². The fourth-order valence-electron chi connectivity index (χ4n) is 1.09. The first-order valence-corrected chi connectivity index (χ1v) is 5.45. The zero-order valence-corrected chi connectivity index (χ0v) is 9.71. The van der Waals surface area contributed by atoms with Gasteiger partial charge in [0, 0.05) is 12.6 Å². The van der Waals surface area contributed by atoms with Crippen molar-refractivity contribution in [3.8, 4) is 0 Å². The van der Waals surface area contributed by atoms with Crippen LogP contribution >= 0.6 is 0 Å². The van der Waals surface area contributed by atoms with Gasteiger partial charge < -0.3 is 21.1 Å². The number of nitrogens with one attached hydrogen (secondary N) is 2. The maximum atomic E-state index is 10.7. The Bertz CT molecular complexity index is 163. The molecule has 1 atom stereocenters. The average Bonchev–Trinajstić information content (AvgIpc) is 2.21. The van der Waals surface area contributed by atoms with Crippen LogP contribution in [-0.4, -0.2) is 38.9 Å². The molecule has 0 aliphatic heterocycles. The molecule has 0 heterocycles. The summed E-state index contributed by atoms with van der Waals surface area (Å²) in [6.07, 6.45) is 2.64. The summed E-state index contributed by atoms with van der Waals surface area (Å²) >= 11 is 0. The molecule has 0 saturated heterocycles. The first-order valence-electron chi connectivity index (χ1n) is 5.45. The molecule has 0 aliphatic carbocycles. The van der Waals surface area contributed by atoms with E-state index in [1.165, 1.54) is 7.11 Å². The van der Waals surface area contributed by atoms with Crippen LogP contribution in [0, 0.1) is 0 Å². The molecule has 0 bridgehead atoms.